The summed E-state index contributed by atoms with van der Waals surface area (Å²) in [5.74, 6) is 0. The molecule has 0 saturated heterocycles. The lowest BCUT2D eigenvalue weighted by molar-refractivity contribution is 0.659. The minimum Gasteiger partial charge on any atom is -0.247 e. The Balaban J connectivity index is 1.57. The lowest BCUT2D eigenvalue weighted by atomic mass is 9.83. The third-order valence-corrected chi connectivity index (χ3v) is 7.47. The highest BCUT2D eigenvalue weighted by molar-refractivity contribution is 6.20. The van der Waals surface area contributed by atoms with Crippen LogP contribution in [0.15, 0.2) is 103 Å². The van der Waals surface area contributed by atoms with Crippen molar-refractivity contribution in [1.29, 1.82) is 0 Å². The summed E-state index contributed by atoms with van der Waals surface area (Å²) >= 11 is 0. The molecule has 1 aliphatic carbocycles. The van der Waals surface area contributed by atoms with E-state index in [9.17, 15) is 0 Å². The normalized spacial score (nSPS) is 14.0. The van der Waals surface area contributed by atoms with E-state index in [-0.39, 0.29) is 5.41 Å². The van der Waals surface area contributed by atoms with Crippen molar-refractivity contribution in [3.05, 3.63) is 114 Å². The van der Waals surface area contributed by atoms with E-state index in [4.69, 9.17) is 4.98 Å². The number of fused-ring (bicyclic) bond motifs is 8. The molecule has 6 aromatic rings. The van der Waals surface area contributed by atoms with Gasteiger partial charge in [0.15, 0.2) is 0 Å². The van der Waals surface area contributed by atoms with Crippen molar-refractivity contribution in [1.82, 2.24) is 4.98 Å². The number of benzene rings is 5. The smallest absolute Gasteiger partial charge is 0.0753 e. The first-order valence-corrected chi connectivity index (χ1v) is 11.6. The predicted octanol–water partition coefficient (Wildman–Crippen LogP) is 8.51. The van der Waals surface area contributed by atoms with Crippen LogP contribution in [0.25, 0.3) is 54.8 Å². The van der Waals surface area contributed by atoms with Gasteiger partial charge in [0.1, 0.15) is 0 Å². The molecular formula is C32H23N. The quantitative estimate of drug-likeness (QED) is 0.242. The lowest BCUT2D eigenvalue weighted by Crippen LogP contribution is -2.14. The molecule has 5 aromatic carbocycles. The van der Waals surface area contributed by atoms with Crippen LogP contribution in [0, 0.1) is 0 Å². The van der Waals surface area contributed by atoms with E-state index in [1.165, 1.54) is 54.6 Å². The monoisotopic (exact) mass is 421 g/mol. The molecule has 0 N–H and O–H groups in total. The largest absolute Gasteiger partial charge is 0.247 e. The van der Waals surface area contributed by atoms with Gasteiger partial charge in [-0.1, -0.05) is 105 Å². The van der Waals surface area contributed by atoms with E-state index < -0.39 is 0 Å². The summed E-state index contributed by atoms with van der Waals surface area (Å²) < 4.78 is 0. The molecule has 7 rings (SSSR count). The number of nitrogens with zero attached hydrogens (tertiary/aromatic N) is 1. The van der Waals surface area contributed by atoms with Gasteiger partial charge in [-0.2, -0.15) is 0 Å². The summed E-state index contributed by atoms with van der Waals surface area (Å²) in [6.07, 6.45) is 0. The fourth-order valence-corrected chi connectivity index (χ4v) is 5.77. The summed E-state index contributed by atoms with van der Waals surface area (Å²) in [6.45, 7) is 4.60. The molecule has 1 heterocycles. The van der Waals surface area contributed by atoms with E-state index in [2.05, 4.69) is 117 Å². The van der Waals surface area contributed by atoms with Crippen molar-refractivity contribution in [2.75, 3.05) is 0 Å². The van der Waals surface area contributed by atoms with E-state index in [1.807, 2.05) is 0 Å². The molecule has 0 amide bonds. The van der Waals surface area contributed by atoms with Gasteiger partial charge in [-0.15, -0.1) is 0 Å². The molecule has 1 aromatic heterocycles. The summed E-state index contributed by atoms with van der Waals surface area (Å²) in [5, 5.41) is 7.65. The van der Waals surface area contributed by atoms with Crippen LogP contribution in [0.5, 0.6) is 0 Å². The van der Waals surface area contributed by atoms with Crippen LogP contribution in [0.4, 0.5) is 0 Å². The third kappa shape index (κ3) is 2.51. The number of rotatable bonds is 1. The van der Waals surface area contributed by atoms with Crippen LogP contribution in [-0.4, -0.2) is 4.98 Å². The van der Waals surface area contributed by atoms with Gasteiger partial charge < -0.3 is 0 Å². The van der Waals surface area contributed by atoms with E-state index >= 15 is 0 Å². The standard InChI is InChI=1S/C32H23N/c1-32(2)28-14-8-7-13-25(28)31-29(32)17-18-30(33-31)27-19-26-21-10-4-3-9-20(21)15-16-24(26)22-11-5-6-12-23(22)27/h3-19H,1-2H3. The second kappa shape index (κ2) is 6.52. The zero-order chi connectivity index (χ0) is 22.2. The van der Waals surface area contributed by atoms with Crippen LogP contribution in [0.3, 0.4) is 0 Å². The maximum absolute atomic E-state index is 5.30. The molecule has 0 unspecified atom stereocenters. The predicted molar refractivity (Wildman–Crippen MR) is 140 cm³/mol. The first kappa shape index (κ1) is 18.6. The number of aromatic nitrogens is 1. The molecule has 1 heteroatoms. The summed E-state index contributed by atoms with van der Waals surface area (Å²) in [5.41, 5.74) is 7.25. The summed E-state index contributed by atoms with van der Waals surface area (Å²) in [4.78, 5) is 5.30. The first-order valence-electron chi connectivity index (χ1n) is 11.6. The molecule has 156 valence electrons. The zero-order valence-electron chi connectivity index (χ0n) is 18.8. The Bertz CT molecular complexity index is 1740. The Morgan fingerprint density at radius 1 is 0.515 bits per heavy atom. The number of pyridine rings is 1. The number of hydrogen-bond donors (Lipinski definition) is 0. The molecule has 0 fully saturated rings. The Kier molecular flexibility index (Phi) is 3.67. The SMILES string of the molecule is CC1(C)c2ccccc2-c2nc(-c3cc4c5ccccc5ccc4c4ccccc34)ccc21. The van der Waals surface area contributed by atoms with Crippen molar-refractivity contribution < 1.29 is 0 Å². The number of hydrogen-bond acceptors (Lipinski definition) is 1. The molecule has 1 aliphatic rings. The Hall–Kier alpha value is -3.97. The maximum Gasteiger partial charge on any atom is 0.0753 e. The van der Waals surface area contributed by atoms with Gasteiger partial charge in [0.25, 0.3) is 0 Å². The van der Waals surface area contributed by atoms with Crippen molar-refractivity contribution in [2.45, 2.75) is 19.3 Å². The summed E-state index contributed by atoms with van der Waals surface area (Å²) in [7, 11) is 0. The fraction of sp³-hybridized carbons (Fsp3) is 0.0938. The van der Waals surface area contributed by atoms with E-state index in [0.717, 1.165) is 11.4 Å². The molecule has 1 nitrogen and oxygen atoms in total. The van der Waals surface area contributed by atoms with Gasteiger partial charge in [-0.25, -0.2) is 4.98 Å². The fourth-order valence-electron chi connectivity index (χ4n) is 5.77. The van der Waals surface area contributed by atoms with Crippen molar-refractivity contribution in [3.8, 4) is 22.5 Å². The van der Waals surface area contributed by atoms with Crippen LogP contribution < -0.4 is 0 Å². The molecule has 0 aliphatic heterocycles. The van der Waals surface area contributed by atoms with Gasteiger partial charge in [0.05, 0.1) is 11.4 Å². The molecule has 33 heavy (non-hydrogen) atoms. The lowest BCUT2D eigenvalue weighted by Gasteiger charge is -2.21. The molecule has 0 saturated carbocycles. The van der Waals surface area contributed by atoms with Gasteiger partial charge in [-0.05, 0) is 55.6 Å². The van der Waals surface area contributed by atoms with Gasteiger partial charge in [0, 0.05) is 16.5 Å². The molecule has 0 atom stereocenters. The minimum absolute atomic E-state index is 0.0287. The van der Waals surface area contributed by atoms with Gasteiger partial charge in [-0.3, -0.25) is 0 Å². The minimum atomic E-state index is -0.0287. The molecular weight excluding hydrogens is 398 g/mol. The average molecular weight is 422 g/mol. The zero-order valence-corrected chi connectivity index (χ0v) is 18.8. The highest BCUT2D eigenvalue weighted by atomic mass is 14.7. The molecule has 0 radical (unpaired) electrons. The topological polar surface area (TPSA) is 12.9 Å². The second-order valence-corrected chi connectivity index (χ2v) is 9.61. The molecule has 0 bridgehead atoms. The van der Waals surface area contributed by atoms with Crippen LogP contribution in [0.2, 0.25) is 0 Å². The molecule has 0 spiro atoms. The van der Waals surface area contributed by atoms with Crippen LogP contribution >= 0.6 is 0 Å². The van der Waals surface area contributed by atoms with E-state index in [1.54, 1.807) is 0 Å². The van der Waals surface area contributed by atoms with E-state index in [0.29, 0.717) is 0 Å². The van der Waals surface area contributed by atoms with Crippen molar-refractivity contribution in [3.63, 3.8) is 0 Å². The highest BCUT2D eigenvalue weighted by Gasteiger charge is 2.36. The van der Waals surface area contributed by atoms with Crippen molar-refractivity contribution >= 4 is 32.3 Å². The Morgan fingerprint density at radius 2 is 1.21 bits per heavy atom. The van der Waals surface area contributed by atoms with Gasteiger partial charge >= 0.3 is 0 Å². The Morgan fingerprint density at radius 3 is 2.09 bits per heavy atom. The van der Waals surface area contributed by atoms with Crippen LogP contribution in [0.1, 0.15) is 25.0 Å². The maximum atomic E-state index is 5.30. The van der Waals surface area contributed by atoms with Crippen LogP contribution in [-0.2, 0) is 5.41 Å². The summed E-state index contributed by atoms with van der Waals surface area (Å²) in [6, 6.07) is 37.4. The Labute approximate surface area is 193 Å². The highest BCUT2D eigenvalue weighted by Crippen LogP contribution is 2.48. The average Bonchev–Trinajstić information content (AvgIpc) is 3.10. The van der Waals surface area contributed by atoms with Gasteiger partial charge in [0.2, 0.25) is 0 Å². The second-order valence-electron chi connectivity index (χ2n) is 9.61. The first-order chi connectivity index (χ1) is 16.1. The third-order valence-electron chi connectivity index (χ3n) is 7.47. The van der Waals surface area contributed by atoms with Crippen molar-refractivity contribution in [2.24, 2.45) is 0 Å².